The summed E-state index contributed by atoms with van der Waals surface area (Å²) in [5.41, 5.74) is 3.71. The number of halogens is 2. The molecule has 5 nitrogen and oxygen atoms in total. The van der Waals surface area contributed by atoms with Crippen LogP contribution >= 0.6 is 0 Å². The molecule has 0 spiro atoms. The first-order valence-corrected chi connectivity index (χ1v) is 6.92. The summed E-state index contributed by atoms with van der Waals surface area (Å²) in [5.74, 6) is -2.57. The summed E-state index contributed by atoms with van der Waals surface area (Å²) in [6, 6.07) is 1.43. The molecule has 0 heterocycles. The fourth-order valence-corrected chi connectivity index (χ4v) is 2.92. The maximum Gasteiger partial charge on any atom is 0.247 e. The standard InChI is InChI=1S/C11H16F2N2O3S/c1-6(16)11(2,3)15-19(17,18)10-8(12)4-7(14)5-9(10)13/h4-6,15-16H,14H2,1-3H3. The highest BCUT2D eigenvalue weighted by Crippen LogP contribution is 2.23. The lowest BCUT2D eigenvalue weighted by Gasteiger charge is -2.29. The van der Waals surface area contributed by atoms with Crippen LogP contribution in [-0.4, -0.2) is 25.2 Å². The first-order chi connectivity index (χ1) is 8.47. The second-order valence-electron chi connectivity index (χ2n) is 4.82. The number of aliphatic hydroxyl groups excluding tert-OH is 1. The maximum atomic E-state index is 13.6. The quantitative estimate of drug-likeness (QED) is 0.722. The zero-order chi connectivity index (χ0) is 15.0. The zero-order valence-corrected chi connectivity index (χ0v) is 11.6. The molecule has 8 heteroatoms. The monoisotopic (exact) mass is 294 g/mol. The van der Waals surface area contributed by atoms with Gasteiger partial charge >= 0.3 is 0 Å². The molecule has 0 aliphatic rings. The van der Waals surface area contributed by atoms with Gasteiger partial charge in [0.25, 0.3) is 0 Å². The van der Waals surface area contributed by atoms with Crippen LogP contribution in [-0.2, 0) is 10.0 Å². The predicted octanol–water partition coefficient (Wildman–Crippen LogP) is 0.985. The third kappa shape index (κ3) is 3.40. The molecule has 0 radical (unpaired) electrons. The normalized spacial score (nSPS) is 14.4. The van der Waals surface area contributed by atoms with Crippen molar-refractivity contribution < 1.29 is 22.3 Å². The molecule has 0 aliphatic heterocycles. The van der Waals surface area contributed by atoms with Gasteiger partial charge in [-0.05, 0) is 32.9 Å². The van der Waals surface area contributed by atoms with E-state index in [1.165, 1.54) is 20.8 Å². The number of hydrogen-bond acceptors (Lipinski definition) is 4. The van der Waals surface area contributed by atoms with Crippen LogP contribution in [0, 0.1) is 11.6 Å². The van der Waals surface area contributed by atoms with Gasteiger partial charge in [-0.25, -0.2) is 21.9 Å². The minimum absolute atomic E-state index is 0.219. The summed E-state index contributed by atoms with van der Waals surface area (Å²) in [5, 5.41) is 9.44. The van der Waals surface area contributed by atoms with Gasteiger partial charge in [-0.3, -0.25) is 0 Å². The van der Waals surface area contributed by atoms with Crippen molar-refractivity contribution in [2.45, 2.75) is 37.3 Å². The van der Waals surface area contributed by atoms with Crippen LogP contribution in [0.1, 0.15) is 20.8 Å². The molecule has 1 unspecified atom stereocenters. The van der Waals surface area contributed by atoms with Gasteiger partial charge in [0.2, 0.25) is 10.0 Å². The van der Waals surface area contributed by atoms with Gasteiger partial charge < -0.3 is 10.8 Å². The number of nitrogen functional groups attached to an aromatic ring is 1. The number of nitrogens with two attached hydrogens (primary N) is 1. The van der Waals surface area contributed by atoms with E-state index in [0.717, 1.165) is 0 Å². The highest BCUT2D eigenvalue weighted by molar-refractivity contribution is 7.89. The van der Waals surface area contributed by atoms with Gasteiger partial charge in [0.1, 0.15) is 11.6 Å². The molecule has 0 fully saturated rings. The molecule has 0 bridgehead atoms. The van der Waals surface area contributed by atoms with Gasteiger partial charge in [0.05, 0.1) is 11.6 Å². The van der Waals surface area contributed by atoms with Crippen molar-refractivity contribution in [3.63, 3.8) is 0 Å². The van der Waals surface area contributed by atoms with E-state index in [1.54, 1.807) is 0 Å². The van der Waals surface area contributed by atoms with Gasteiger partial charge in [-0.2, -0.15) is 0 Å². The smallest absolute Gasteiger partial charge is 0.247 e. The molecule has 0 saturated carbocycles. The molecule has 19 heavy (non-hydrogen) atoms. The van der Waals surface area contributed by atoms with Crippen LogP contribution in [0.3, 0.4) is 0 Å². The number of aliphatic hydroxyl groups is 1. The number of anilines is 1. The van der Waals surface area contributed by atoms with E-state index >= 15 is 0 Å². The van der Waals surface area contributed by atoms with E-state index in [9.17, 15) is 22.3 Å². The number of nitrogens with one attached hydrogen (secondary N) is 1. The molecule has 1 aromatic carbocycles. The largest absolute Gasteiger partial charge is 0.399 e. The van der Waals surface area contributed by atoms with Crippen molar-refractivity contribution in [2.75, 3.05) is 5.73 Å². The number of benzene rings is 1. The molecule has 0 aromatic heterocycles. The average Bonchev–Trinajstić information content (AvgIpc) is 2.12. The van der Waals surface area contributed by atoms with Gasteiger partial charge in [-0.15, -0.1) is 0 Å². The molecule has 1 aromatic rings. The van der Waals surface area contributed by atoms with Gasteiger partial charge in [0.15, 0.2) is 4.90 Å². The topological polar surface area (TPSA) is 92.4 Å². The molecular weight excluding hydrogens is 278 g/mol. The van der Waals surface area contributed by atoms with Gasteiger partial charge in [-0.1, -0.05) is 0 Å². The van der Waals surface area contributed by atoms with Crippen molar-refractivity contribution >= 4 is 15.7 Å². The first-order valence-electron chi connectivity index (χ1n) is 5.44. The number of hydrogen-bond donors (Lipinski definition) is 3. The van der Waals surface area contributed by atoms with E-state index in [-0.39, 0.29) is 5.69 Å². The van der Waals surface area contributed by atoms with Crippen molar-refractivity contribution in [1.29, 1.82) is 0 Å². The highest BCUT2D eigenvalue weighted by Gasteiger charge is 2.33. The van der Waals surface area contributed by atoms with Crippen LogP contribution < -0.4 is 10.5 Å². The van der Waals surface area contributed by atoms with Crippen LogP contribution in [0.15, 0.2) is 17.0 Å². The van der Waals surface area contributed by atoms with E-state index in [2.05, 4.69) is 4.72 Å². The van der Waals surface area contributed by atoms with Crippen molar-refractivity contribution in [3.05, 3.63) is 23.8 Å². The molecule has 4 N–H and O–H groups in total. The molecule has 1 rings (SSSR count). The van der Waals surface area contributed by atoms with Crippen molar-refractivity contribution in [3.8, 4) is 0 Å². The molecule has 108 valence electrons. The van der Waals surface area contributed by atoms with Crippen LogP contribution in [0.25, 0.3) is 0 Å². The summed E-state index contributed by atoms with van der Waals surface area (Å²) >= 11 is 0. The first kappa shape index (κ1) is 15.8. The molecule has 0 aliphatic carbocycles. The van der Waals surface area contributed by atoms with Crippen LogP contribution in [0.5, 0.6) is 0 Å². The Kier molecular flexibility index (Phi) is 4.18. The van der Waals surface area contributed by atoms with E-state index < -0.39 is 38.2 Å². The summed E-state index contributed by atoms with van der Waals surface area (Å²) < 4.78 is 53.1. The Morgan fingerprint density at radius 2 is 1.74 bits per heavy atom. The van der Waals surface area contributed by atoms with E-state index in [1.807, 2.05) is 0 Å². The number of rotatable bonds is 4. The van der Waals surface area contributed by atoms with Crippen molar-refractivity contribution in [1.82, 2.24) is 4.72 Å². The SMILES string of the molecule is CC(O)C(C)(C)NS(=O)(=O)c1c(F)cc(N)cc1F. The maximum absolute atomic E-state index is 13.6. The predicted molar refractivity (Wildman–Crippen MR) is 66.9 cm³/mol. The number of sulfonamides is 1. The molecule has 1 atom stereocenters. The highest BCUT2D eigenvalue weighted by atomic mass is 32.2. The Morgan fingerprint density at radius 1 is 1.32 bits per heavy atom. The Balaban J connectivity index is 3.30. The summed E-state index contributed by atoms with van der Waals surface area (Å²) in [6.45, 7) is 4.14. The lowest BCUT2D eigenvalue weighted by atomic mass is 10.0. The van der Waals surface area contributed by atoms with Crippen LogP contribution in [0.4, 0.5) is 14.5 Å². The average molecular weight is 294 g/mol. The second-order valence-corrected chi connectivity index (χ2v) is 6.44. The Labute approximate surface area is 110 Å². The van der Waals surface area contributed by atoms with Gasteiger partial charge in [0, 0.05) is 5.69 Å². The summed E-state index contributed by atoms with van der Waals surface area (Å²) in [6.07, 6.45) is -1.05. The fraction of sp³-hybridized carbons (Fsp3) is 0.455. The Hall–Kier alpha value is -1.25. The summed E-state index contributed by atoms with van der Waals surface area (Å²) in [4.78, 5) is -1.12. The zero-order valence-electron chi connectivity index (χ0n) is 10.7. The van der Waals surface area contributed by atoms with E-state index in [4.69, 9.17) is 5.73 Å². The lowest BCUT2D eigenvalue weighted by Crippen LogP contribution is -2.51. The molecule has 0 saturated heterocycles. The van der Waals surface area contributed by atoms with Crippen LogP contribution in [0.2, 0.25) is 0 Å². The lowest BCUT2D eigenvalue weighted by molar-refractivity contribution is 0.111. The summed E-state index contributed by atoms with van der Waals surface area (Å²) in [7, 11) is -4.46. The van der Waals surface area contributed by atoms with E-state index in [0.29, 0.717) is 12.1 Å². The Bertz CT molecular complexity index is 563. The second kappa shape index (κ2) is 5.03. The third-order valence-corrected chi connectivity index (χ3v) is 4.45. The molecular formula is C11H16F2N2O3S. The molecule has 0 amide bonds. The van der Waals surface area contributed by atoms with Crippen molar-refractivity contribution in [2.24, 2.45) is 0 Å². The Morgan fingerprint density at radius 3 is 2.11 bits per heavy atom. The minimum atomic E-state index is -4.46. The minimum Gasteiger partial charge on any atom is -0.399 e. The fourth-order valence-electron chi connectivity index (χ4n) is 1.32. The third-order valence-electron chi connectivity index (χ3n) is 2.73.